The van der Waals surface area contributed by atoms with Crippen LogP contribution in [0.3, 0.4) is 0 Å². The number of carbonyl (C=O) groups excluding carboxylic acids is 1. The molecule has 1 aliphatic heterocycles. The van der Waals surface area contributed by atoms with Crippen LogP contribution in [0.25, 0.3) is 10.8 Å². The molecule has 1 N–H and O–H groups in total. The number of carbonyl (C=O) groups is 1. The lowest BCUT2D eigenvalue weighted by molar-refractivity contribution is 0.103. The third kappa shape index (κ3) is 2.56. The molecule has 0 unspecified atom stereocenters. The molecule has 0 saturated heterocycles. The largest absolute Gasteiger partial charge is 0.497 e. The second-order valence-electron chi connectivity index (χ2n) is 6.27. The molecule has 1 aromatic heterocycles. The van der Waals surface area contributed by atoms with Gasteiger partial charge < -0.3 is 9.47 Å². The minimum absolute atomic E-state index is 0.0714. The van der Waals surface area contributed by atoms with Crippen LogP contribution in [0.2, 0.25) is 0 Å². The molecule has 6 nitrogen and oxygen atoms in total. The van der Waals surface area contributed by atoms with Crippen LogP contribution in [-0.2, 0) is 6.54 Å². The van der Waals surface area contributed by atoms with Crippen molar-refractivity contribution >= 4 is 16.6 Å². The lowest BCUT2D eigenvalue weighted by Gasteiger charge is -2.15. The van der Waals surface area contributed by atoms with Crippen molar-refractivity contribution in [2.24, 2.45) is 0 Å². The number of nitrogens with one attached hydrogen (secondary N) is 1. The zero-order valence-corrected chi connectivity index (χ0v) is 15.0. The highest BCUT2D eigenvalue weighted by Gasteiger charge is 2.32. The maximum Gasteiger partial charge on any atom is 0.207 e. The lowest BCUT2D eigenvalue weighted by Crippen LogP contribution is -2.23. The Balaban J connectivity index is 2.13. The van der Waals surface area contributed by atoms with Gasteiger partial charge in [0.15, 0.2) is 23.2 Å². The van der Waals surface area contributed by atoms with Crippen LogP contribution in [0.1, 0.15) is 21.5 Å². The molecule has 1 aliphatic rings. The van der Waals surface area contributed by atoms with E-state index in [1.54, 1.807) is 0 Å². The van der Waals surface area contributed by atoms with Crippen LogP contribution in [0.15, 0.2) is 24.3 Å². The quantitative estimate of drug-likeness (QED) is 0.542. The fraction of sp³-hybridized carbons (Fsp3) is 0.150. The zero-order valence-electron chi connectivity index (χ0n) is 15.0. The summed E-state index contributed by atoms with van der Waals surface area (Å²) in [7, 11) is 1.45. The predicted octanol–water partition coefficient (Wildman–Crippen LogP) is 3.04. The fourth-order valence-corrected chi connectivity index (χ4v) is 3.39. The standard InChI is InChI=1S/C20H12F3N3O3/c1-28-10-4-2-9(3-5-10)18(27)14-12-13(19(25)26-6-7-29-20(14)26)15(21)11(8-24)16(22)17(12)23/h2-5,25H,6-7H2,1H3. The Morgan fingerprint density at radius 1 is 1.17 bits per heavy atom. The van der Waals surface area contributed by atoms with E-state index in [0.717, 1.165) is 0 Å². The summed E-state index contributed by atoms with van der Waals surface area (Å²) in [5, 5.41) is 15.8. The van der Waals surface area contributed by atoms with Crippen molar-refractivity contribution in [2.75, 3.05) is 13.7 Å². The maximum absolute atomic E-state index is 14.9. The second kappa shape index (κ2) is 6.67. The first-order valence-corrected chi connectivity index (χ1v) is 8.43. The number of ketones is 1. The molecule has 29 heavy (non-hydrogen) atoms. The van der Waals surface area contributed by atoms with Crippen LogP contribution in [0.4, 0.5) is 13.2 Å². The fourth-order valence-electron chi connectivity index (χ4n) is 3.39. The molecule has 2 aromatic carbocycles. The zero-order chi connectivity index (χ0) is 20.9. The highest BCUT2D eigenvalue weighted by atomic mass is 19.2. The molecule has 0 spiro atoms. The number of pyridine rings is 1. The van der Waals surface area contributed by atoms with Gasteiger partial charge in [-0.05, 0) is 24.3 Å². The number of benzene rings is 2. The number of fused-ring (bicyclic) bond motifs is 2. The van der Waals surface area contributed by atoms with Gasteiger partial charge in [0, 0.05) is 10.9 Å². The Hall–Kier alpha value is -3.80. The number of aromatic nitrogens is 1. The van der Waals surface area contributed by atoms with Gasteiger partial charge in [-0.1, -0.05) is 0 Å². The Morgan fingerprint density at radius 3 is 2.48 bits per heavy atom. The molecule has 0 saturated carbocycles. The second-order valence-corrected chi connectivity index (χ2v) is 6.27. The maximum atomic E-state index is 14.9. The van der Waals surface area contributed by atoms with E-state index in [9.17, 15) is 18.0 Å². The van der Waals surface area contributed by atoms with E-state index < -0.39 is 50.6 Å². The molecule has 2 heterocycles. The summed E-state index contributed by atoms with van der Waals surface area (Å²) in [5.41, 5.74) is -1.95. The smallest absolute Gasteiger partial charge is 0.207 e. The monoisotopic (exact) mass is 399 g/mol. The minimum Gasteiger partial charge on any atom is -0.497 e. The van der Waals surface area contributed by atoms with Gasteiger partial charge in [0.2, 0.25) is 5.88 Å². The normalized spacial score (nSPS) is 12.4. The molecule has 0 amide bonds. The summed E-state index contributed by atoms with van der Waals surface area (Å²) >= 11 is 0. The van der Waals surface area contributed by atoms with Crippen molar-refractivity contribution in [3.8, 4) is 17.7 Å². The molecule has 0 radical (unpaired) electrons. The van der Waals surface area contributed by atoms with Crippen LogP contribution >= 0.6 is 0 Å². The van der Waals surface area contributed by atoms with Gasteiger partial charge in [-0.15, -0.1) is 0 Å². The number of halogens is 3. The number of rotatable bonds is 3. The number of nitriles is 1. The first-order chi connectivity index (χ1) is 13.9. The average molecular weight is 399 g/mol. The van der Waals surface area contributed by atoms with Crippen LogP contribution in [0, 0.1) is 34.2 Å². The van der Waals surface area contributed by atoms with Crippen LogP contribution in [0.5, 0.6) is 11.6 Å². The van der Waals surface area contributed by atoms with E-state index in [-0.39, 0.29) is 24.6 Å². The lowest BCUT2D eigenvalue weighted by atomic mass is 9.96. The summed E-state index contributed by atoms with van der Waals surface area (Å²) in [6.45, 7) is 0.190. The molecular weight excluding hydrogens is 387 g/mol. The first kappa shape index (κ1) is 18.6. The Labute approximate surface area is 161 Å². The SMILES string of the molecule is COc1ccc(C(=O)c2c3n(c(=N)c4c(F)c(C#N)c(F)c(F)c24)CCO3)cc1. The molecule has 146 valence electrons. The minimum atomic E-state index is -1.72. The molecule has 3 aromatic rings. The van der Waals surface area contributed by atoms with Crippen molar-refractivity contribution in [2.45, 2.75) is 6.54 Å². The highest BCUT2D eigenvalue weighted by Crippen LogP contribution is 2.35. The number of methoxy groups -OCH3 is 1. The van der Waals surface area contributed by atoms with Crippen molar-refractivity contribution in [3.63, 3.8) is 0 Å². The molecule has 9 heteroatoms. The van der Waals surface area contributed by atoms with E-state index in [0.29, 0.717) is 5.75 Å². The summed E-state index contributed by atoms with van der Waals surface area (Å²) in [5.74, 6) is -5.11. The Kier molecular flexibility index (Phi) is 4.27. The Morgan fingerprint density at radius 2 is 1.86 bits per heavy atom. The van der Waals surface area contributed by atoms with Gasteiger partial charge in [-0.25, -0.2) is 13.2 Å². The van der Waals surface area contributed by atoms with Gasteiger partial charge in [-0.3, -0.25) is 14.8 Å². The predicted molar refractivity (Wildman–Crippen MR) is 94.3 cm³/mol. The summed E-state index contributed by atoms with van der Waals surface area (Å²) in [6, 6.07) is 7.12. The molecule has 0 bridgehead atoms. The van der Waals surface area contributed by atoms with Gasteiger partial charge in [-0.2, -0.15) is 5.26 Å². The number of nitrogens with zero attached hydrogens (tertiary/aromatic N) is 2. The third-order valence-corrected chi connectivity index (χ3v) is 4.78. The summed E-state index contributed by atoms with van der Waals surface area (Å²) < 4.78 is 55.8. The number of hydrogen-bond acceptors (Lipinski definition) is 5. The van der Waals surface area contributed by atoms with Gasteiger partial charge in [0.05, 0.1) is 24.6 Å². The van der Waals surface area contributed by atoms with E-state index in [1.807, 2.05) is 0 Å². The first-order valence-electron chi connectivity index (χ1n) is 8.43. The molecule has 0 fully saturated rings. The van der Waals surface area contributed by atoms with Gasteiger partial charge in [0.25, 0.3) is 0 Å². The van der Waals surface area contributed by atoms with Crippen molar-refractivity contribution in [3.05, 3.63) is 63.9 Å². The van der Waals surface area contributed by atoms with Crippen molar-refractivity contribution in [1.29, 1.82) is 10.7 Å². The van der Waals surface area contributed by atoms with Crippen molar-refractivity contribution in [1.82, 2.24) is 4.57 Å². The van der Waals surface area contributed by atoms with E-state index >= 15 is 0 Å². The average Bonchev–Trinajstić information content (AvgIpc) is 3.22. The summed E-state index contributed by atoms with van der Waals surface area (Å²) in [4.78, 5) is 13.2. The molecular formula is C20H12F3N3O3. The highest BCUT2D eigenvalue weighted by molar-refractivity contribution is 6.18. The Bertz CT molecular complexity index is 1290. The van der Waals surface area contributed by atoms with Crippen LogP contribution in [-0.4, -0.2) is 24.1 Å². The van der Waals surface area contributed by atoms with Gasteiger partial charge in [0.1, 0.15) is 29.5 Å². The van der Waals surface area contributed by atoms with E-state index in [2.05, 4.69) is 0 Å². The molecule has 4 rings (SSSR count). The number of ether oxygens (including phenoxy) is 2. The molecule has 0 aliphatic carbocycles. The van der Waals surface area contributed by atoms with Gasteiger partial charge >= 0.3 is 0 Å². The van der Waals surface area contributed by atoms with Crippen molar-refractivity contribution < 1.29 is 27.4 Å². The van der Waals surface area contributed by atoms with Crippen LogP contribution < -0.4 is 15.0 Å². The van der Waals surface area contributed by atoms with E-state index in [1.165, 1.54) is 42.0 Å². The summed E-state index contributed by atoms with van der Waals surface area (Å²) in [6.07, 6.45) is 0. The molecule has 0 atom stereocenters. The van der Waals surface area contributed by atoms with E-state index in [4.69, 9.17) is 20.1 Å². The topological polar surface area (TPSA) is 88.1 Å². The third-order valence-electron chi connectivity index (χ3n) is 4.78. The number of hydrogen-bond donors (Lipinski definition) is 1.